The van der Waals surface area contributed by atoms with Gasteiger partial charge < -0.3 is 15.8 Å². The lowest BCUT2D eigenvalue weighted by molar-refractivity contribution is 0.134. The van der Waals surface area contributed by atoms with Gasteiger partial charge in [-0.3, -0.25) is 0 Å². The molecule has 5 heteroatoms. The van der Waals surface area contributed by atoms with Crippen LogP contribution in [-0.4, -0.2) is 24.7 Å². The summed E-state index contributed by atoms with van der Waals surface area (Å²) in [5.41, 5.74) is 6.42. The third-order valence-corrected chi connectivity index (χ3v) is 3.10. The Bertz CT molecular complexity index is 435. The number of thiocarbonyl (C=S) groups is 1. The van der Waals surface area contributed by atoms with Gasteiger partial charge in [-0.25, -0.2) is 4.39 Å². The molecule has 0 amide bonds. The third-order valence-electron chi connectivity index (χ3n) is 2.87. The number of anilines is 1. The van der Waals surface area contributed by atoms with E-state index in [1.54, 1.807) is 12.1 Å². The highest BCUT2D eigenvalue weighted by atomic mass is 32.1. The number of hydrogen-bond donors (Lipinski definition) is 2. The SMILES string of the molecule is NC(=S)c1ccc(NCCOCC2CC2)c(F)c1. The topological polar surface area (TPSA) is 47.3 Å². The van der Waals surface area contributed by atoms with Crippen LogP contribution in [-0.2, 0) is 4.74 Å². The second-order valence-corrected chi connectivity index (χ2v) is 4.94. The molecule has 2 rings (SSSR count). The van der Waals surface area contributed by atoms with E-state index in [-0.39, 0.29) is 10.8 Å². The standard InChI is InChI=1S/C13H17FN2OS/c14-11-7-10(13(15)18)3-4-12(11)16-5-6-17-8-9-1-2-9/h3-4,7,9,16H,1-2,5-6,8H2,(H2,15,18). The van der Waals surface area contributed by atoms with Crippen molar-refractivity contribution in [1.82, 2.24) is 0 Å². The third kappa shape index (κ3) is 3.92. The van der Waals surface area contributed by atoms with E-state index in [1.165, 1.54) is 18.9 Å². The van der Waals surface area contributed by atoms with Crippen molar-refractivity contribution in [2.45, 2.75) is 12.8 Å². The van der Waals surface area contributed by atoms with E-state index in [9.17, 15) is 4.39 Å². The zero-order valence-electron chi connectivity index (χ0n) is 10.1. The number of benzene rings is 1. The molecule has 98 valence electrons. The Hall–Kier alpha value is -1.20. The Morgan fingerprint density at radius 3 is 2.89 bits per heavy atom. The van der Waals surface area contributed by atoms with Crippen LogP contribution >= 0.6 is 12.2 Å². The lowest BCUT2D eigenvalue weighted by atomic mass is 10.2. The van der Waals surface area contributed by atoms with E-state index >= 15 is 0 Å². The first-order chi connectivity index (χ1) is 8.66. The molecule has 18 heavy (non-hydrogen) atoms. The average molecular weight is 268 g/mol. The van der Waals surface area contributed by atoms with Crippen LogP contribution in [0.4, 0.5) is 10.1 Å². The summed E-state index contributed by atoms with van der Waals surface area (Å²) in [4.78, 5) is 0.202. The Morgan fingerprint density at radius 2 is 2.28 bits per heavy atom. The number of nitrogens with two attached hydrogens (primary N) is 1. The minimum Gasteiger partial charge on any atom is -0.389 e. The molecule has 1 aromatic carbocycles. The molecule has 0 atom stereocenters. The normalized spacial score (nSPS) is 14.5. The molecule has 0 bridgehead atoms. The molecule has 1 saturated carbocycles. The second-order valence-electron chi connectivity index (χ2n) is 4.50. The van der Waals surface area contributed by atoms with E-state index in [1.807, 2.05) is 0 Å². The molecule has 1 fully saturated rings. The van der Waals surface area contributed by atoms with Crippen molar-refractivity contribution in [2.24, 2.45) is 11.7 Å². The molecule has 0 aromatic heterocycles. The summed E-state index contributed by atoms with van der Waals surface area (Å²) in [6, 6.07) is 4.69. The zero-order chi connectivity index (χ0) is 13.0. The highest BCUT2D eigenvalue weighted by Crippen LogP contribution is 2.28. The smallest absolute Gasteiger partial charge is 0.146 e. The molecule has 3 N–H and O–H groups in total. The first kappa shape index (κ1) is 13.2. The minimum atomic E-state index is -0.345. The maximum absolute atomic E-state index is 13.6. The number of ether oxygens (including phenoxy) is 1. The van der Waals surface area contributed by atoms with Gasteiger partial charge in [-0.2, -0.15) is 0 Å². The van der Waals surface area contributed by atoms with E-state index < -0.39 is 0 Å². The van der Waals surface area contributed by atoms with Crippen molar-refractivity contribution in [3.63, 3.8) is 0 Å². The molecule has 1 aromatic rings. The van der Waals surface area contributed by atoms with E-state index in [0.717, 1.165) is 12.5 Å². The molecular formula is C13H17FN2OS. The molecule has 1 aliphatic rings. The van der Waals surface area contributed by atoms with Crippen LogP contribution in [0.25, 0.3) is 0 Å². The van der Waals surface area contributed by atoms with Crippen molar-refractivity contribution in [2.75, 3.05) is 25.1 Å². The van der Waals surface area contributed by atoms with Crippen LogP contribution in [0.5, 0.6) is 0 Å². The summed E-state index contributed by atoms with van der Waals surface area (Å²) < 4.78 is 19.1. The summed E-state index contributed by atoms with van der Waals surface area (Å²) in [5.74, 6) is 0.411. The number of nitrogens with one attached hydrogen (secondary N) is 1. The van der Waals surface area contributed by atoms with Crippen LogP contribution in [0.3, 0.4) is 0 Å². The fourth-order valence-corrected chi connectivity index (χ4v) is 1.73. The summed E-state index contributed by atoms with van der Waals surface area (Å²) >= 11 is 4.79. The van der Waals surface area contributed by atoms with Gasteiger partial charge in [-0.05, 0) is 37.0 Å². The van der Waals surface area contributed by atoms with Crippen LogP contribution in [0, 0.1) is 11.7 Å². The van der Waals surface area contributed by atoms with Crippen molar-refractivity contribution >= 4 is 22.9 Å². The quantitative estimate of drug-likeness (QED) is 0.588. The number of hydrogen-bond acceptors (Lipinski definition) is 3. The monoisotopic (exact) mass is 268 g/mol. The predicted molar refractivity (Wildman–Crippen MR) is 74.3 cm³/mol. The highest BCUT2D eigenvalue weighted by molar-refractivity contribution is 7.80. The largest absolute Gasteiger partial charge is 0.389 e. The lowest BCUT2D eigenvalue weighted by Crippen LogP contribution is -2.13. The molecule has 0 saturated heterocycles. The van der Waals surface area contributed by atoms with Crippen molar-refractivity contribution in [1.29, 1.82) is 0 Å². The van der Waals surface area contributed by atoms with Crippen LogP contribution < -0.4 is 11.1 Å². The fraction of sp³-hybridized carbons (Fsp3) is 0.462. The first-order valence-corrected chi connectivity index (χ1v) is 6.48. The number of halogens is 1. The summed E-state index contributed by atoms with van der Waals surface area (Å²) in [5, 5.41) is 2.99. The summed E-state index contributed by atoms with van der Waals surface area (Å²) in [6.07, 6.45) is 2.56. The van der Waals surface area contributed by atoms with Gasteiger partial charge in [-0.1, -0.05) is 12.2 Å². The van der Waals surface area contributed by atoms with E-state index in [4.69, 9.17) is 22.7 Å². The molecule has 0 radical (unpaired) electrons. The molecule has 0 heterocycles. The lowest BCUT2D eigenvalue weighted by Gasteiger charge is -2.09. The Kier molecular flexibility index (Phi) is 4.49. The first-order valence-electron chi connectivity index (χ1n) is 6.08. The molecule has 0 unspecified atom stereocenters. The van der Waals surface area contributed by atoms with E-state index in [2.05, 4.69) is 5.32 Å². The molecule has 0 spiro atoms. The predicted octanol–water partition coefficient (Wildman–Crippen LogP) is 2.30. The van der Waals surface area contributed by atoms with Crippen molar-refractivity contribution < 1.29 is 9.13 Å². The van der Waals surface area contributed by atoms with Gasteiger partial charge >= 0.3 is 0 Å². The summed E-state index contributed by atoms with van der Waals surface area (Å²) in [6.45, 7) is 2.01. The van der Waals surface area contributed by atoms with Crippen LogP contribution in [0.15, 0.2) is 18.2 Å². The van der Waals surface area contributed by atoms with Gasteiger partial charge in [0.15, 0.2) is 0 Å². The molecule has 3 nitrogen and oxygen atoms in total. The van der Waals surface area contributed by atoms with Crippen molar-refractivity contribution in [3.05, 3.63) is 29.6 Å². The van der Waals surface area contributed by atoms with E-state index in [0.29, 0.717) is 24.4 Å². The molecule has 0 aliphatic heterocycles. The number of rotatable bonds is 7. The van der Waals surface area contributed by atoms with Crippen LogP contribution in [0.1, 0.15) is 18.4 Å². The zero-order valence-corrected chi connectivity index (χ0v) is 10.9. The van der Waals surface area contributed by atoms with Crippen LogP contribution in [0.2, 0.25) is 0 Å². The van der Waals surface area contributed by atoms with Gasteiger partial charge in [0.1, 0.15) is 10.8 Å². The maximum Gasteiger partial charge on any atom is 0.146 e. The van der Waals surface area contributed by atoms with Gasteiger partial charge in [0.05, 0.1) is 12.3 Å². The van der Waals surface area contributed by atoms with Gasteiger partial charge in [0, 0.05) is 18.7 Å². The molecular weight excluding hydrogens is 251 g/mol. The van der Waals surface area contributed by atoms with Crippen molar-refractivity contribution in [3.8, 4) is 0 Å². The Morgan fingerprint density at radius 1 is 1.50 bits per heavy atom. The Labute approximate surface area is 112 Å². The second kappa shape index (κ2) is 6.11. The van der Waals surface area contributed by atoms with Gasteiger partial charge in [0.25, 0.3) is 0 Å². The summed E-state index contributed by atoms with van der Waals surface area (Å²) in [7, 11) is 0. The fourth-order valence-electron chi connectivity index (χ4n) is 1.60. The van der Waals surface area contributed by atoms with Gasteiger partial charge in [-0.15, -0.1) is 0 Å². The highest BCUT2D eigenvalue weighted by Gasteiger charge is 2.20. The average Bonchev–Trinajstić information content (AvgIpc) is 3.14. The molecule has 1 aliphatic carbocycles. The van der Waals surface area contributed by atoms with Gasteiger partial charge in [0.2, 0.25) is 0 Å². The maximum atomic E-state index is 13.6. The Balaban J connectivity index is 1.75. The minimum absolute atomic E-state index is 0.202.